The molecule has 1 atom stereocenters. The molecule has 0 amide bonds. The van der Waals surface area contributed by atoms with Crippen LogP contribution in [0.2, 0.25) is 0 Å². The number of allylic oxidation sites excluding steroid dienone is 2. The van der Waals surface area contributed by atoms with Crippen molar-refractivity contribution in [3.8, 4) is 0 Å². The highest BCUT2D eigenvalue weighted by Gasteiger charge is 2.13. The lowest BCUT2D eigenvalue weighted by molar-refractivity contribution is -0.137. The Bertz CT molecular complexity index is 777. The number of nitrogens with zero attached hydrogens (tertiary/aromatic N) is 3. The van der Waals surface area contributed by atoms with Crippen LogP contribution in [0.3, 0.4) is 0 Å². The van der Waals surface area contributed by atoms with Gasteiger partial charge in [0.2, 0.25) is 0 Å². The fraction of sp³-hybridized carbons (Fsp3) is 0.429. The Morgan fingerprint density at radius 1 is 1.26 bits per heavy atom. The number of carboxylic acid groups (broad SMARTS) is 1. The third-order valence-corrected chi connectivity index (χ3v) is 4.78. The summed E-state index contributed by atoms with van der Waals surface area (Å²) in [5, 5.41) is 12.5. The number of rotatable bonds is 9. The van der Waals surface area contributed by atoms with Crippen molar-refractivity contribution >= 4 is 11.8 Å². The molecular formula is C21H26N4O2. The average Bonchev–Trinajstić information content (AvgIpc) is 2.70. The number of aryl methyl sites for hydroxylation is 2. The molecule has 0 fully saturated rings. The highest BCUT2D eigenvalue weighted by Crippen LogP contribution is 2.22. The standard InChI is InChI=1S/C21H26N4O2/c26-20(27)12-17(18-13-22-15-23-14-18)6-3-1-2-4-8-19-10-9-16-7-5-11-24-21(16)25-19/h3,6,9-10,13-15,17H,1-2,4-5,7-8,11-12H2,(H,24,25)(H,26,27)/b6-3+. The summed E-state index contributed by atoms with van der Waals surface area (Å²) in [7, 11) is 0. The van der Waals surface area contributed by atoms with Crippen molar-refractivity contribution in [1.82, 2.24) is 15.0 Å². The van der Waals surface area contributed by atoms with Crippen LogP contribution in [-0.2, 0) is 17.6 Å². The summed E-state index contributed by atoms with van der Waals surface area (Å²) in [4.78, 5) is 23.8. The summed E-state index contributed by atoms with van der Waals surface area (Å²) in [6, 6.07) is 4.34. The summed E-state index contributed by atoms with van der Waals surface area (Å²) < 4.78 is 0. The van der Waals surface area contributed by atoms with Crippen LogP contribution in [0.1, 0.15) is 54.8 Å². The van der Waals surface area contributed by atoms with Gasteiger partial charge in [0, 0.05) is 30.6 Å². The Balaban J connectivity index is 1.45. The molecule has 2 N–H and O–H groups in total. The van der Waals surface area contributed by atoms with Crippen LogP contribution in [0.15, 0.2) is 43.0 Å². The highest BCUT2D eigenvalue weighted by atomic mass is 16.4. The summed E-state index contributed by atoms with van der Waals surface area (Å²) in [6.07, 6.45) is 15.2. The topological polar surface area (TPSA) is 88.0 Å². The Morgan fingerprint density at radius 3 is 2.93 bits per heavy atom. The first kappa shape index (κ1) is 19.0. The van der Waals surface area contributed by atoms with E-state index >= 15 is 0 Å². The number of carboxylic acids is 1. The van der Waals surface area contributed by atoms with Gasteiger partial charge in [0.1, 0.15) is 12.1 Å². The van der Waals surface area contributed by atoms with E-state index in [0.717, 1.165) is 55.7 Å². The van der Waals surface area contributed by atoms with Crippen molar-refractivity contribution in [2.45, 2.75) is 50.9 Å². The maximum Gasteiger partial charge on any atom is 0.304 e. The number of anilines is 1. The molecule has 0 aromatic carbocycles. The third-order valence-electron chi connectivity index (χ3n) is 4.78. The van der Waals surface area contributed by atoms with Crippen LogP contribution < -0.4 is 5.32 Å². The Labute approximate surface area is 159 Å². The average molecular weight is 366 g/mol. The van der Waals surface area contributed by atoms with Crippen molar-refractivity contribution < 1.29 is 9.90 Å². The number of unbranched alkanes of at least 4 members (excludes halogenated alkanes) is 2. The largest absolute Gasteiger partial charge is 0.481 e. The molecule has 2 aromatic heterocycles. The number of fused-ring (bicyclic) bond motifs is 1. The molecule has 3 heterocycles. The minimum Gasteiger partial charge on any atom is -0.481 e. The number of hydrogen-bond acceptors (Lipinski definition) is 5. The summed E-state index contributed by atoms with van der Waals surface area (Å²) in [6.45, 7) is 1.01. The quantitative estimate of drug-likeness (QED) is 0.519. The van der Waals surface area contributed by atoms with Gasteiger partial charge in [-0.15, -0.1) is 0 Å². The van der Waals surface area contributed by atoms with Crippen LogP contribution >= 0.6 is 0 Å². The second-order valence-corrected chi connectivity index (χ2v) is 6.89. The summed E-state index contributed by atoms with van der Waals surface area (Å²) in [5.41, 5.74) is 3.29. The van der Waals surface area contributed by atoms with E-state index in [1.165, 1.54) is 18.3 Å². The molecule has 1 aliphatic heterocycles. The zero-order chi connectivity index (χ0) is 18.9. The van der Waals surface area contributed by atoms with E-state index in [1.807, 2.05) is 6.08 Å². The van der Waals surface area contributed by atoms with Crippen molar-refractivity contribution in [3.05, 3.63) is 59.8 Å². The van der Waals surface area contributed by atoms with Crippen molar-refractivity contribution in [3.63, 3.8) is 0 Å². The zero-order valence-corrected chi connectivity index (χ0v) is 15.5. The summed E-state index contributed by atoms with van der Waals surface area (Å²) in [5.74, 6) is 0.0536. The van der Waals surface area contributed by atoms with Crippen molar-refractivity contribution in [2.75, 3.05) is 11.9 Å². The highest BCUT2D eigenvalue weighted by molar-refractivity contribution is 5.68. The van der Waals surface area contributed by atoms with Crippen molar-refractivity contribution in [1.29, 1.82) is 0 Å². The molecule has 0 aliphatic carbocycles. The summed E-state index contributed by atoms with van der Waals surface area (Å²) >= 11 is 0. The number of carbonyl (C=O) groups is 1. The van der Waals surface area contributed by atoms with Crippen LogP contribution in [0, 0.1) is 0 Å². The molecule has 1 unspecified atom stereocenters. The Kier molecular flexibility index (Phi) is 6.90. The van der Waals surface area contributed by atoms with E-state index in [0.29, 0.717) is 0 Å². The lowest BCUT2D eigenvalue weighted by Crippen LogP contribution is -2.13. The molecule has 3 rings (SSSR count). The maximum atomic E-state index is 11.1. The monoisotopic (exact) mass is 366 g/mol. The van der Waals surface area contributed by atoms with Gasteiger partial charge in [0.25, 0.3) is 0 Å². The first-order chi connectivity index (χ1) is 13.2. The van der Waals surface area contributed by atoms with Gasteiger partial charge in [-0.1, -0.05) is 18.2 Å². The van der Waals surface area contributed by atoms with E-state index in [2.05, 4.69) is 33.5 Å². The molecule has 142 valence electrons. The van der Waals surface area contributed by atoms with E-state index in [9.17, 15) is 4.79 Å². The van der Waals surface area contributed by atoms with E-state index in [-0.39, 0.29) is 12.3 Å². The van der Waals surface area contributed by atoms with Gasteiger partial charge in [-0.25, -0.2) is 15.0 Å². The molecular weight excluding hydrogens is 340 g/mol. The van der Waals surface area contributed by atoms with Crippen LogP contribution in [0.25, 0.3) is 0 Å². The second kappa shape index (κ2) is 9.80. The van der Waals surface area contributed by atoms with Gasteiger partial charge in [-0.2, -0.15) is 0 Å². The van der Waals surface area contributed by atoms with Crippen molar-refractivity contribution in [2.24, 2.45) is 0 Å². The predicted molar refractivity (Wildman–Crippen MR) is 105 cm³/mol. The van der Waals surface area contributed by atoms with E-state index in [1.54, 1.807) is 12.4 Å². The van der Waals surface area contributed by atoms with Gasteiger partial charge in [-0.3, -0.25) is 4.79 Å². The molecule has 27 heavy (non-hydrogen) atoms. The zero-order valence-electron chi connectivity index (χ0n) is 15.5. The van der Waals surface area contributed by atoms with Gasteiger partial charge >= 0.3 is 5.97 Å². The smallest absolute Gasteiger partial charge is 0.304 e. The van der Waals surface area contributed by atoms with Crippen LogP contribution in [0.4, 0.5) is 5.82 Å². The van der Waals surface area contributed by atoms with Gasteiger partial charge < -0.3 is 10.4 Å². The number of nitrogens with one attached hydrogen (secondary N) is 1. The maximum absolute atomic E-state index is 11.1. The third kappa shape index (κ3) is 5.88. The fourth-order valence-corrected chi connectivity index (χ4v) is 3.32. The molecule has 0 radical (unpaired) electrons. The van der Waals surface area contributed by atoms with Crippen LogP contribution in [-0.4, -0.2) is 32.6 Å². The SMILES string of the molecule is O=C(O)CC(/C=C/CCCCc1ccc2c(n1)NCCC2)c1cncnc1. The predicted octanol–water partition coefficient (Wildman–Crippen LogP) is 3.76. The molecule has 0 saturated carbocycles. The first-order valence-electron chi connectivity index (χ1n) is 9.58. The second-order valence-electron chi connectivity index (χ2n) is 6.89. The molecule has 1 aliphatic rings. The Morgan fingerprint density at radius 2 is 2.11 bits per heavy atom. The molecule has 6 nitrogen and oxygen atoms in total. The number of pyridine rings is 1. The van der Waals surface area contributed by atoms with E-state index in [4.69, 9.17) is 10.1 Å². The van der Waals surface area contributed by atoms with Crippen LogP contribution in [0.5, 0.6) is 0 Å². The molecule has 2 aromatic rings. The normalized spacial score (nSPS) is 14.5. The molecule has 0 bridgehead atoms. The van der Waals surface area contributed by atoms with E-state index < -0.39 is 5.97 Å². The minimum absolute atomic E-state index is 0.0515. The lowest BCUT2D eigenvalue weighted by Gasteiger charge is -2.17. The minimum atomic E-state index is -0.819. The number of aromatic nitrogens is 3. The van der Waals surface area contributed by atoms with Gasteiger partial charge in [0.15, 0.2) is 0 Å². The van der Waals surface area contributed by atoms with Gasteiger partial charge in [-0.05, 0) is 55.7 Å². The van der Waals surface area contributed by atoms with Gasteiger partial charge in [0.05, 0.1) is 6.42 Å². The number of hydrogen-bond donors (Lipinski definition) is 2. The lowest BCUT2D eigenvalue weighted by atomic mass is 9.97. The molecule has 0 saturated heterocycles. The number of aliphatic carboxylic acids is 1. The molecule has 6 heteroatoms. The Hall–Kier alpha value is -2.76. The fourth-order valence-electron chi connectivity index (χ4n) is 3.32. The molecule has 0 spiro atoms. The first-order valence-corrected chi connectivity index (χ1v) is 9.58.